The standard InChI is InChI=1S/C15H21N3S/c1-3-16-9-13-6-5-7-15(8-13)19-11-14-10-17-12-18(14)4-2/h5-8,10,12,16H,3-4,9,11H2,1-2H3. The Bertz CT molecular complexity index is 508. The van der Waals surface area contributed by atoms with Gasteiger partial charge in [-0.15, -0.1) is 11.8 Å². The van der Waals surface area contributed by atoms with Crippen molar-refractivity contribution in [1.29, 1.82) is 0 Å². The van der Waals surface area contributed by atoms with Crippen LogP contribution in [0.15, 0.2) is 41.7 Å². The van der Waals surface area contributed by atoms with E-state index in [9.17, 15) is 0 Å². The van der Waals surface area contributed by atoms with Gasteiger partial charge >= 0.3 is 0 Å². The van der Waals surface area contributed by atoms with Crippen molar-refractivity contribution >= 4 is 11.8 Å². The van der Waals surface area contributed by atoms with Gasteiger partial charge < -0.3 is 9.88 Å². The second kappa shape index (κ2) is 7.36. The Kier molecular flexibility index (Phi) is 5.48. The summed E-state index contributed by atoms with van der Waals surface area (Å²) in [5, 5.41) is 3.36. The predicted octanol–water partition coefficient (Wildman–Crippen LogP) is 3.30. The highest BCUT2D eigenvalue weighted by Gasteiger charge is 2.02. The van der Waals surface area contributed by atoms with Crippen LogP contribution in [0.5, 0.6) is 0 Å². The SMILES string of the molecule is CCNCc1cccc(SCc2cncn2CC)c1. The molecule has 0 saturated carbocycles. The lowest BCUT2D eigenvalue weighted by Gasteiger charge is -2.07. The lowest BCUT2D eigenvalue weighted by atomic mass is 10.2. The van der Waals surface area contributed by atoms with E-state index in [0.717, 1.165) is 25.4 Å². The van der Waals surface area contributed by atoms with Crippen molar-refractivity contribution in [3.8, 4) is 0 Å². The van der Waals surface area contributed by atoms with Gasteiger partial charge in [-0.3, -0.25) is 0 Å². The molecule has 0 aliphatic carbocycles. The molecule has 0 atom stereocenters. The van der Waals surface area contributed by atoms with Crippen molar-refractivity contribution in [3.63, 3.8) is 0 Å². The fourth-order valence-corrected chi connectivity index (χ4v) is 2.89. The number of nitrogens with zero attached hydrogens (tertiary/aromatic N) is 2. The van der Waals surface area contributed by atoms with Crippen molar-refractivity contribution in [2.24, 2.45) is 0 Å². The summed E-state index contributed by atoms with van der Waals surface area (Å²) >= 11 is 1.87. The average molecular weight is 275 g/mol. The summed E-state index contributed by atoms with van der Waals surface area (Å²) in [6, 6.07) is 8.74. The Morgan fingerprint density at radius 3 is 3.00 bits per heavy atom. The Balaban J connectivity index is 1.95. The van der Waals surface area contributed by atoms with Crippen LogP contribution in [-0.4, -0.2) is 16.1 Å². The minimum Gasteiger partial charge on any atom is -0.334 e. The Morgan fingerprint density at radius 1 is 1.32 bits per heavy atom. The molecule has 19 heavy (non-hydrogen) atoms. The van der Waals surface area contributed by atoms with E-state index in [1.807, 2.05) is 24.3 Å². The number of aromatic nitrogens is 2. The molecule has 0 spiro atoms. The van der Waals surface area contributed by atoms with Crippen LogP contribution in [0, 0.1) is 0 Å². The lowest BCUT2D eigenvalue weighted by molar-refractivity contribution is 0.725. The van der Waals surface area contributed by atoms with E-state index >= 15 is 0 Å². The fraction of sp³-hybridized carbons (Fsp3) is 0.400. The molecule has 1 aromatic heterocycles. The zero-order chi connectivity index (χ0) is 13.5. The molecule has 1 aromatic carbocycles. The van der Waals surface area contributed by atoms with Crippen LogP contribution in [0.1, 0.15) is 25.1 Å². The van der Waals surface area contributed by atoms with Gasteiger partial charge in [-0.1, -0.05) is 19.1 Å². The summed E-state index contributed by atoms with van der Waals surface area (Å²) in [5.41, 5.74) is 2.63. The van der Waals surface area contributed by atoms with Crippen LogP contribution >= 0.6 is 11.8 Å². The van der Waals surface area contributed by atoms with Gasteiger partial charge in [0, 0.05) is 35.6 Å². The van der Waals surface area contributed by atoms with Crippen molar-refractivity contribution in [2.45, 2.75) is 37.6 Å². The minimum absolute atomic E-state index is 0.942. The van der Waals surface area contributed by atoms with Gasteiger partial charge in [-0.2, -0.15) is 0 Å². The summed E-state index contributed by atoms with van der Waals surface area (Å²) in [5.74, 6) is 0.971. The molecule has 2 rings (SSSR count). The quantitative estimate of drug-likeness (QED) is 0.786. The summed E-state index contributed by atoms with van der Waals surface area (Å²) in [6.07, 6.45) is 3.86. The van der Waals surface area contributed by atoms with Crippen molar-refractivity contribution in [2.75, 3.05) is 6.54 Å². The summed E-state index contributed by atoms with van der Waals surface area (Å²) in [7, 11) is 0. The largest absolute Gasteiger partial charge is 0.334 e. The zero-order valence-electron chi connectivity index (χ0n) is 11.6. The third-order valence-electron chi connectivity index (χ3n) is 3.00. The second-order valence-corrected chi connectivity index (χ2v) is 5.44. The summed E-state index contributed by atoms with van der Waals surface area (Å²) in [6.45, 7) is 7.21. The number of nitrogens with one attached hydrogen (secondary N) is 1. The molecule has 3 nitrogen and oxygen atoms in total. The molecule has 4 heteroatoms. The fourth-order valence-electron chi connectivity index (χ4n) is 1.92. The minimum atomic E-state index is 0.942. The predicted molar refractivity (Wildman–Crippen MR) is 81.3 cm³/mol. The number of imidazole rings is 1. The number of rotatable bonds is 7. The molecule has 0 bridgehead atoms. The normalized spacial score (nSPS) is 10.8. The van der Waals surface area contributed by atoms with E-state index in [0.29, 0.717) is 0 Å². The van der Waals surface area contributed by atoms with E-state index in [1.165, 1.54) is 16.2 Å². The van der Waals surface area contributed by atoms with Crippen LogP contribution < -0.4 is 5.32 Å². The van der Waals surface area contributed by atoms with Gasteiger partial charge in [0.15, 0.2) is 0 Å². The molecule has 1 N–H and O–H groups in total. The number of hydrogen-bond acceptors (Lipinski definition) is 3. The molecular weight excluding hydrogens is 254 g/mol. The molecule has 1 heterocycles. The molecule has 0 saturated heterocycles. The summed E-state index contributed by atoms with van der Waals surface area (Å²) in [4.78, 5) is 5.52. The molecule has 0 unspecified atom stereocenters. The second-order valence-electron chi connectivity index (χ2n) is 4.39. The Morgan fingerprint density at radius 2 is 2.21 bits per heavy atom. The van der Waals surface area contributed by atoms with Crippen molar-refractivity contribution < 1.29 is 0 Å². The molecule has 0 aliphatic rings. The van der Waals surface area contributed by atoms with Gasteiger partial charge in [0.05, 0.1) is 6.33 Å². The van der Waals surface area contributed by atoms with Gasteiger partial charge in [-0.25, -0.2) is 4.98 Å². The van der Waals surface area contributed by atoms with E-state index in [2.05, 4.69) is 53.0 Å². The van der Waals surface area contributed by atoms with Crippen LogP contribution in [0.2, 0.25) is 0 Å². The maximum atomic E-state index is 4.20. The smallest absolute Gasteiger partial charge is 0.0948 e. The van der Waals surface area contributed by atoms with E-state index < -0.39 is 0 Å². The molecule has 0 radical (unpaired) electrons. The molecule has 0 fully saturated rings. The first-order valence-corrected chi connectivity index (χ1v) is 7.73. The van der Waals surface area contributed by atoms with E-state index in [1.54, 1.807) is 0 Å². The van der Waals surface area contributed by atoms with Gasteiger partial charge in [0.1, 0.15) is 0 Å². The first-order valence-electron chi connectivity index (χ1n) is 6.75. The zero-order valence-corrected chi connectivity index (χ0v) is 12.4. The third kappa shape index (κ3) is 4.11. The maximum absolute atomic E-state index is 4.20. The molecular formula is C15H21N3S. The highest BCUT2D eigenvalue weighted by Crippen LogP contribution is 2.23. The Labute approximate surface area is 119 Å². The molecule has 102 valence electrons. The first kappa shape index (κ1) is 14.2. The van der Waals surface area contributed by atoms with Crippen LogP contribution in [0.3, 0.4) is 0 Å². The molecule has 2 aromatic rings. The Hall–Kier alpha value is -1.26. The number of thioether (sulfide) groups is 1. The molecule has 0 amide bonds. The van der Waals surface area contributed by atoms with Gasteiger partial charge in [-0.05, 0) is 31.2 Å². The number of aryl methyl sites for hydroxylation is 1. The number of benzene rings is 1. The third-order valence-corrected chi connectivity index (χ3v) is 4.03. The lowest BCUT2D eigenvalue weighted by Crippen LogP contribution is -2.11. The van der Waals surface area contributed by atoms with E-state index in [-0.39, 0.29) is 0 Å². The van der Waals surface area contributed by atoms with Crippen molar-refractivity contribution in [3.05, 3.63) is 48.0 Å². The number of hydrogen-bond donors (Lipinski definition) is 1. The van der Waals surface area contributed by atoms with Gasteiger partial charge in [0.2, 0.25) is 0 Å². The van der Waals surface area contributed by atoms with Crippen LogP contribution in [0.4, 0.5) is 0 Å². The monoisotopic (exact) mass is 275 g/mol. The van der Waals surface area contributed by atoms with Crippen molar-refractivity contribution in [1.82, 2.24) is 14.9 Å². The van der Waals surface area contributed by atoms with Crippen LogP contribution in [-0.2, 0) is 18.8 Å². The maximum Gasteiger partial charge on any atom is 0.0948 e. The topological polar surface area (TPSA) is 29.9 Å². The first-order chi connectivity index (χ1) is 9.33. The highest BCUT2D eigenvalue weighted by atomic mass is 32.2. The average Bonchev–Trinajstić information content (AvgIpc) is 2.91. The van der Waals surface area contributed by atoms with Gasteiger partial charge in [0.25, 0.3) is 0 Å². The summed E-state index contributed by atoms with van der Waals surface area (Å²) < 4.78 is 2.19. The highest BCUT2D eigenvalue weighted by molar-refractivity contribution is 7.98. The molecule has 0 aliphatic heterocycles. The van der Waals surface area contributed by atoms with Crippen LogP contribution in [0.25, 0.3) is 0 Å². The van der Waals surface area contributed by atoms with E-state index in [4.69, 9.17) is 0 Å².